The number of ketones is 1. The zero-order chi connectivity index (χ0) is 14.2. The van der Waals surface area contributed by atoms with Crippen LogP contribution in [0.3, 0.4) is 0 Å². The van der Waals surface area contributed by atoms with E-state index < -0.39 is 14.8 Å². The van der Waals surface area contributed by atoms with Crippen LogP contribution in [0.4, 0.5) is 0 Å². The van der Waals surface area contributed by atoms with Gasteiger partial charge in [0.1, 0.15) is 0 Å². The van der Waals surface area contributed by atoms with Gasteiger partial charge in [-0.1, -0.05) is 0 Å². The van der Waals surface area contributed by atoms with Gasteiger partial charge in [0.15, 0.2) is 5.78 Å². The van der Waals surface area contributed by atoms with Crippen molar-refractivity contribution in [1.82, 2.24) is 5.32 Å². The summed E-state index contributed by atoms with van der Waals surface area (Å²) in [5.74, 6) is -0.485. The predicted molar refractivity (Wildman–Crippen MR) is 67.9 cm³/mol. The quantitative estimate of drug-likeness (QED) is 0.540. The van der Waals surface area contributed by atoms with Crippen LogP contribution in [-0.2, 0) is 22.9 Å². The molecule has 18 heavy (non-hydrogen) atoms. The standard InChI is InChI=1S/C10H22N2O5Si/c1-8(13)12-7-10(14)9(11)5-6-18(15-2,16-3)17-4/h9H,5-7,11H2,1-4H3,(H,12,13). The molecule has 3 N–H and O–H groups in total. The maximum atomic E-state index is 11.6. The zero-order valence-corrected chi connectivity index (χ0v) is 12.3. The number of nitrogens with one attached hydrogen (secondary N) is 1. The van der Waals surface area contributed by atoms with E-state index in [2.05, 4.69) is 5.32 Å². The molecule has 1 atom stereocenters. The van der Waals surface area contributed by atoms with E-state index in [1.807, 2.05) is 0 Å². The molecule has 0 aromatic carbocycles. The molecule has 0 aliphatic heterocycles. The third-order valence-corrected chi connectivity index (χ3v) is 5.39. The number of amides is 1. The Morgan fingerprint density at radius 3 is 2.11 bits per heavy atom. The lowest BCUT2D eigenvalue weighted by Gasteiger charge is -2.25. The second-order valence-corrected chi connectivity index (χ2v) is 6.91. The molecule has 0 radical (unpaired) electrons. The number of hydrogen-bond acceptors (Lipinski definition) is 6. The highest BCUT2D eigenvalue weighted by Gasteiger charge is 2.38. The molecule has 0 rings (SSSR count). The number of hydrogen-bond donors (Lipinski definition) is 2. The third-order valence-electron chi connectivity index (χ3n) is 2.62. The molecule has 1 unspecified atom stereocenters. The molecule has 0 bridgehead atoms. The molecule has 7 nitrogen and oxygen atoms in total. The van der Waals surface area contributed by atoms with E-state index in [0.29, 0.717) is 12.5 Å². The Morgan fingerprint density at radius 2 is 1.72 bits per heavy atom. The Balaban J connectivity index is 4.18. The molecule has 1 amide bonds. The van der Waals surface area contributed by atoms with Crippen molar-refractivity contribution in [2.45, 2.75) is 25.4 Å². The minimum atomic E-state index is -2.69. The monoisotopic (exact) mass is 278 g/mol. The Hall–Kier alpha value is -0.803. The van der Waals surface area contributed by atoms with E-state index in [-0.39, 0.29) is 18.2 Å². The third kappa shape index (κ3) is 5.69. The van der Waals surface area contributed by atoms with Crippen LogP contribution >= 0.6 is 0 Å². The van der Waals surface area contributed by atoms with Gasteiger partial charge in [0.05, 0.1) is 12.6 Å². The fourth-order valence-electron chi connectivity index (χ4n) is 1.39. The van der Waals surface area contributed by atoms with Crippen molar-refractivity contribution in [1.29, 1.82) is 0 Å². The second kappa shape index (κ2) is 8.33. The molecule has 0 heterocycles. The van der Waals surface area contributed by atoms with Crippen LogP contribution in [0.1, 0.15) is 13.3 Å². The first-order chi connectivity index (χ1) is 8.40. The lowest BCUT2D eigenvalue weighted by atomic mass is 10.1. The Labute approximate surface area is 108 Å². The number of carbonyl (C=O) groups is 2. The first-order valence-corrected chi connectivity index (χ1v) is 7.52. The van der Waals surface area contributed by atoms with Gasteiger partial charge in [0, 0.05) is 34.3 Å². The van der Waals surface area contributed by atoms with E-state index in [1.165, 1.54) is 28.3 Å². The van der Waals surface area contributed by atoms with Crippen molar-refractivity contribution in [2.24, 2.45) is 5.73 Å². The average Bonchev–Trinajstić information content (AvgIpc) is 2.37. The van der Waals surface area contributed by atoms with E-state index >= 15 is 0 Å². The fourth-order valence-corrected chi connectivity index (χ4v) is 3.17. The molecule has 8 heteroatoms. The van der Waals surface area contributed by atoms with Crippen LogP contribution in [0.15, 0.2) is 0 Å². The van der Waals surface area contributed by atoms with E-state index in [1.54, 1.807) is 0 Å². The molecular formula is C10H22N2O5Si. The zero-order valence-electron chi connectivity index (χ0n) is 11.3. The van der Waals surface area contributed by atoms with Gasteiger partial charge in [-0.05, 0) is 6.42 Å². The van der Waals surface area contributed by atoms with Crippen molar-refractivity contribution in [3.8, 4) is 0 Å². The molecule has 0 aliphatic rings. The summed E-state index contributed by atoms with van der Waals surface area (Å²) in [5, 5.41) is 2.41. The van der Waals surface area contributed by atoms with E-state index in [9.17, 15) is 9.59 Å². The van der Waals surface area contributed by atoms with Crippen LogP contribution in [0.25, 0.3) is 0 Å². The topological polar surface area (TPSA) is 99.9 Å². The molecule has 0 spiro atoms. The molecule has 0 saturated heterocycles. The SMILES string of the molecule is CO[Si](CCC(N)C(=O)CNC(C)=O)(OC)OC. The minimum Gasteiger partial charge on any atom is -0.377 e. The van der Waals surface area contributed by atoms with Crippen LogP contribution in [0.2, 0.25) is 6.04 Å². The molecule has 0 aliphatic carbocycles. The van der Waals surface area contributed by atoms with Gasteiger partial charge in [-0.3, -0.25) is 9.59 Å². The number of Topliss-reactive ketones (excluding diaryl/α,β-unsaturated/α-hetero) is 1. The number of rotatable bonds is 9. The maximum Gasteiger partial charge on any atom is 0.500 e. The van der Waals surface area contributed by atoms with Crippen molar-refractivity contribution < 1.29 is 22.9 Å². The Bertz CT molecular complexity index is 275. The summed E-state index contributed by atoms with van der Waals surface area (Å²) in [4.78, 5) is 22.3. The van der Waals surface area contributed by atoms with Crippen LogP contribution in [-0.4, -0.2) is 54.4 Å². The molecule has 0 aromatic heterocycles. The summed E-state index contributed by atoms with van der Waals surface area (Å²) >= 11 is 0. The van der Waals surface area contributed by atoms with Gasteiger partial charge in [0.2, 0.25) is 5.91 Å². The number of carbonyl (C=O) groups excluding carboxylic acids is 2. The summed E-state index contributed by atoms with van der Waals surface area (Å²) in [6.45, 7) is 1.29. The predicted octanol–water partition coefficient (Wildman–Crippen LogP) is -0.713. The van der Waals surface area contributed by atoms with Crippen LogP contribution in [0.5, 0.6) is 0 Å². The van der Waals surface area contributed by atoms with Gasteiger partial charge in [-0.2, -0.15) is 0 Å². The van der Waals surface area contributed by atoms with Gasteiger partial charge in [-0.15, -0.1) is 0 Å². The lowest BCUT2D eigenvalue weighted by Crippen LogP contribution is -2.46. The smallest absolute Gasteiger partial charge is 0.377 e. The van der Waals surface area contributed by atoms with Gasteiger partial charge in [0.25, 0.3) is 0 Å². The van der Waals surface area contributed by atoms with Gasteiger partial charge in [-0.25, -0.2) is 0 Å². The molecule has 106 valence electrons. The Kier molecular flexibility index (Phi) is 7.95. The number of nitrogens with two attached hydrogens (primary N) is 1. The first kappa shape index (κ1) is 17.2. The van der Waals surface area contributed by atoms with Gasteiger partial charge < -0.3 is 24.3 Å². The summed E-state index contributed by atoms with van der Waals surface area (Å²) in [6, 6.07) is -0.215. The Morgan fingerprint density at radius 1 is 1.22 bits per heavy atom. The average molecular weight is 278 g/mol. The minimum absolute atomic E-state index is 0.0575. The van der Waals surface area contributed by atoms with Crippen molar-refractivity contribution in [3.63, 3.8) is 0 Å². The second-order valence-electron chi connectivity index (χ2n) is 3.82. The van der Waals surface area contributed by atoms with Crippen molar-refractivity contribution in [3.05, 3.63) is 0 Å². The lowest BCUT2D eigenvalue weighted by molar-refractivity contribution is -0.124. The normalized spacial score (nSPS) is 13.2. The highest BCUT2D eigenvalue weighted by atomic mass is 28.4. The highest BCUT2D eigenvalue weighted by Crippen LogP contribution is 2.16. The van der Waals surface area contributed by atoms with Crippen molar-refractivity contribution in [2.75, 3.05) is 27.9 Å². The largest absolute Gasteiger partial charge is 0.500 e. The highest BCUT2D eigenvalue weighted by molar-refractivity contribution is 6.60. The first-order valence-electron chi connectivity index (χ1n) is 5.59. The van der Waals surface area contributed by atoms with E-state index in [4.69, 9.17) is 19.0 Å². The summed E-state index contributed by atoms with van der Waals surface area (Å²) < 4.78 is 15.7. The summed E-state index contributed by atoms with van der Waals surface area (Å²) in [6.07, 6.45) is 0.389. The van der Waals surface area contributed by atoms with Crippen LogP contribution in [0, 0.1) is 0 Å². The van der Waals surface area contributed by atoms with E-state index in [0.717, 1.165) is 0 Å². The molecule has 0 saturated carbocycles. The molecular weight excluding hydrogens is 256 g/mol. The summed E-state index contributed by atoms with van der Waals surface area (Å²) in [7, 11) is 1.82. The fraction of sp³-hybridized carbons (Fsp3) is 0.800. The summed E-state index contributed by atoms with van der Waals surface area (Å²) in [5.41, 5.74) is 5.73. The molecule has 0 fully saturated rings. The van der Waals surface area contributed by atoms with Crippen LogP contribution < -0.4 is 11.1 Å². The molecule has 0 aromatic rings. The maximum absolute atomic E-state index is 11.6. The van der Waals surface area contributed by atoms with Crippen molar-refractivity contribution >= 4 is 20.5 Å². The van der Waals surface area contributed by atoms with Gasteiger partial charge >= 0.3 is 8.80 Å².